The average Bonchev–Trinajstić information content (AvgIpc) is 3.11. The molecule has 1 saturated heterocycles. The van der Waals surface area contributed by atoms with Crippen LogP contribution in [-0.2, 0) is 25.7 Å². The summed E-state index contributed by atoms with van der Waals surface area (Å²) >= 11 is 1.31. The number of amides is 2. The molecule has 27 heavy (non-hydrogen) atoms. The zero-order valence-corrected chi connectivity index (χ0v) is 15.5. The van der Waals surface area contributed by atoms with Crippen molar-refractivity contribution >= 4 is 35.5 Å². The van der Waals surface area contributed by atoms with Gasteiger partial charge in [0.1, 0.15) is 29.4 Å². The maximum Gasteiger partial charge on any atom is 0.352 e. The highest BCUT2D eigenvalue weighted by atomic mass is 32.2. The standard InChI is InChI=1S/C16H18N4O6S/c1-3-19-10(4-5-17-19)13(22)18-11-14(23)20-12(16(24)25)9(6-26-8(2)21)7-27-15(11)20/h4-5,11,15H,3,6-7H2,1-2H3,(H,18,22)(H,24,25)/t11-,15+/m1/s1. The molecule has 3 heterocycles. The van der Waals surface area contributed by atoms with Crippen LogP contribution >= 0.6 is 11.8 Å². The molecule has 2 amide bonds. The number of hydrogen-bond donors (Lipinski definition) is 2. The minimum absolute atomic E-state index is 0.186. The van der Waals surface area contributed by atoms with E-state index in [1.165, 1.54) is 29.6 Å². The van der Waals surface area contributed by atoms with E-state index in [0.717, 1.165) is 4.90 Å². The Balaban J connectivity index is 1.76. The maximum absolute atomic E-state index is 12.5. The van der Waals surface area contributed by atoms with Gasteiger partial charge in [-0.1, -0.05) is 0 Å². The fourth-order valence-corrected chi connectivity index (χ4v) is 4.30. The van der Waals surface area contributed by atoms with Crippen molar-refractivity contribution in [2.24, 2.45) is 0 Å². The van der Waals surface area contributed by atoms with Crippen molar-refractivity contribution in [3.63, 3.8) is 0 Å². The van der Waals surface area contributed by atoms with Crippen LogP contribution in [0.2, 0.25) is 0 Å². The summed E-state index contributed by atoms with van der Waals surface area (Å²) in [6, 6.07) is 0.723. The molecule has 0 aliphatic carbocycles. The molecular formula is C16H18N4O6S. The molecule has 0 spiro atoms. The van der Waals surface area contributed by atoms with Gasteiger partial charge in [0.15, 0.2) is 0 Å². The number of fused-ring (bicyclic) bond motifs is 1. The first-order chi connectivity index (χ1) is 12.8. The monoisotopic (exact) mass is 394 g/mol. The lowest BCUT2D eigenvalue weighted by atomic mass is 10.0. The molecule has 1 aromatic rings. The Labute approximate surface area is 158 Å². The SMILES string of the molecule is CCn1nccc1C(=O)N[C@@H]1C(=O)N2C(C(=O)O)=C(COC(C)=O)CS[C@@H]12. The van der Waals surface area contributed by atoms with Gasteiger partial charge in [-0.2, -0.15) is 5.10 Å². The zero-order chi connectivity index (χ0) is 19.7. The third-order valence-electron chi connectivity index (χ3n) is 4.23. The van der Waals surface area contributed by atoms with Gasteiger partial charge in [0.05, 0.1) is 0 Å². The number of nitrogens with one attached hydrogen (secondary N) is 1. The molecule has 10 nitrogen and oxygen atoms in total. The Bertz CT molecular complexity index is 848. The molecular weight excluding hydrogens is 376 g/mol. The van der Waals surface area contributed by atoms with Crippen LogP contribution in [0.4, 0.5) is 0 Å². The molecule has 0 unspecified atom stereocenters. The first-order valence-corrected chi connectivity index (χ1v) is 9.26. The van der Waals surface area contributed by atoms with E-state index in [1.54, 1.807) is 6.07 Å². The third kappa shape index (κ3) is 3.42. The van der Waals surface area contributed by atoms with Crippen LogP contribution < -0.4 is 5.32 Å². The number of thioether (sulfide) groups is 1. The predicted molar refractivity (Wildman–Crippen MR) is 93.5 cm³/mol. The number of nitrogens with zero attached hydrogens (tertiary/aromatic N) is 3. The topological polar surface area (TPSA) is 131 Å². The van der Waals surface area contributed by atoms with Crippen LogP contribution in [0.5, 0.6) is 0 Å². The molecule has 2 atom stereocenters. The van der Waals surface area contributed by atoms with E-state index in [1.807, 2.05) is 6.92 Å². The first kappa shape index (κ1) is 19.0. The molecule has 2 aliphatic heterocycles. The van der Waals surface area contributed by atoms with Crippen LogP contribution in [0, 0.1) is 0 Å². The fourth-order valence-electron chi connectivity index (χ4n) is 2.98. The lowest BCUT2D eigenvalue weighted by Gasteiger charge is -2.49. The summed E-state index contributed by atoms with van der Waals surface area (Å²) in [4.78, 5) is 48.7. The van der Waals surface area contributed by atoms with Crippen molar-refractivity contribution in [3.05, 3.63) is 29.2 Å². The molecule has 2 aliphatic rings. The number of esters is 1. The van der Waals surface area contributed by atoms with Crippen molar-refractivity contribution in [3.8, 4) is 0 Å². The fraction of sp³-hybridized carbons (Fsp3) is 0.438. The zero-order valence-electron chi connectivity index (χ0n) is 14.7. The molecule has 11 heteroatoms. The summed E-state index contributed by atoms with van der Waals surface area (Å²) in [6.07, 6.45) is 1.50. The molecule has 3 rings (SSSR count). The van der Waals surface area contributed by atoms with Gasteiger partial charge in [-0.3, -0.25) is 24.0 Å². The van der Waals surface area contributed by atoms with E-state index in [4.69, 9.17) is 4.74 Å². The second-order valence-corrected chi connectivity index (χ2v) is 7.04. The average molecular weight is 394 g/mol. The second-order valence-electron chi connectivity index (χ2n) is 5.93. The maximum atomic E-state index is 12.5. The number of hydrogen-bond acceptors (Lipinski definition) is 7. The number of carbonyl (C=O) groups is 4. The Morgan fingerprint density at radius 1 is 1.44 bits per heavy atom. The largest absolute Gasteiger partial charge is 0.477 e. The van der Waals surface area contributed by atoms with E-state index in [2.05, 4.69) is 10.4 Å². The van der Waals surface area contributed by atoms with Crippen LogP contribution in [-0.4, -0.2) is 67.3 Å². The highest BCUT2D eigenvalue weighted by molar-refractivity contribution is 8.00. The van der Waals surface area contributed by atoms with Crippen molar-refractivity contribution in [1.82, 2.24) is 20.0 Å². The lowest BCUT2D eigenvalue weighted by Crippen LogP contribution is -2.70. The third-order valence-corrected chi connectivity index (χ3v) is 5.57. The number of rotatable bonds is 6. The lowest BCUT2D eigenvalue weighted by molar-refractivity contribution is -0.149. The van der Waals surface area contributed by atoms with Gasteiger partial charge in [-0.15, -0.1) is 11.8 Å². The highest BCUT2D eigenvalue weighted by Gasteiger charge is 2.54. The number of ether oxygens (including phenoxy) is 1. The number of aryl methyl sites for hydroxylation is 1. The van der Waals surface area contributed by atoms with Crippen LogP contribution in [0.3, 0.4) is 0 Å². The minimum Gasteiger partial charge on any atom is -0.477 e. The van der Waals surface area contributed by atoms with Gasteiger partial charge >= 0.3 is 11.9 Å². The number of aliphatic carboxylic acids is 1. The summed E-state index contributed by atoms with van der Waals surface area (Å²) in [5.74, 6) is -2.49. The highest BCUT2D eigenvalue weighted by Crippen LogP contribution is 2.40. The van der Waals surface area contributed by atoms with Crippen LogP contribution in [0.25, 0.3) is 0 Å². The molecule has 0 radical (unpaired) electrons. The summed E-state index contributed by atoms with van der Waals surface area (Å²) in [5, 5.41) is 15.6. The van der Waals surface area contributed by atoms with E-state index in [9.17, 15) is 24.3 Å². The summed E-state index contributed by atoms with van der Waals surface area (Å²) in [7, 11) is 0. The molecule has 0 saturated carbocycles. The molecule has 0 aromatic carbocycles. The summed E-state index contributed by atoms with van der Waals surface area (Å²) in [5.41, 5.74) is 0.490. The van der Waals surface area contributed by atoms with Crippen LogP contribution in [0.15, 0.2) is 23.5 Å². The summed E-state index contributed by atoms with van der Waals surface area (Å²) < 4.78 is 6.38. The van der Waals surface area contributed by atoms with Gasteiger partial charge in [-0.25, -0.2) is 4.79 Å². The van der Waals surface area contributed by atoms with Gasteiger partial charge < -0.3 is 15.2 Å². The van der Waals surface area contributed by atoms with E-state index in [0.29, 0.717) is 17.8 Å². The molecule has 1 fully saturated rings. The van der Waals surface area contributed by atoms with Crippen molar-refractivity contribution in [2.75, 3.05) is 12.4 Å². The molecule has 1 aromatic heterocycles. The van der Waals surface area contributed by atoms with Gasteiger partial charge in [0.2, 0.25) is 0 Å². The molecule has 144 valence electrons. The van der Waals surface area contributed by atoms with Crippen molar-refractivity contribution in [2.45, 2.75) is 31.8 Å². The quantitative estimate of drug-likeness (QED) is 0.502. The first-order valence-electron chi connectivity index (χ1n) is 8.21. The Hall–Kier alpha value is -2.82. The molecule has 0 bridgehead atoms. The minimum atomic E-state index is -1.27. The van der Waals surface area contributed by atoms with E-state index < -0.39 is 35.2 Å². The normalized spacial score (nSPS) is 21.4. The van der Waals surface area contributed by atoms with Gasteiger partial charge in [0, 0.05) is 31.0 Å². The number of carboxylic acids is 1. The number of carbonyl (C=O) groups excluding carboxylic acids is 3. The number of carboxylic acid groups (broad SMARTS) is 1. The molecule has 2 N–H and O–H groups in total. The Morgan fingerprint density at radius 2 is 2.19 bits per heavy atom. The second kappa shape index (κ2) is 7.43. The number of β-lactam (4-membered cyclic amide) rings is 1. The number of aromatic nitrogens is 2. The predicted octanol–water partition coefficient (Wildman–Crippen LogP) is -0.182. The summed E-state index contributed by atoms with van der Waals surface area (Å²) in [6.45, 7) is 3.38. The van der Waals surface area contributed by atoms with E-state index in [-0.39, 0.29) is 18.1 Å². The Kier molecular flexibility index (Phi) is 5.22. The van der Waals surface area contributed by atoms with Gasteiger partial charge in [0.25, 0.3) is 11.8 Å². The van der Waals surface area contributed by atoms with Crippen molar-refractivity contribution < 1.29 is 29.0 Å². The Morgan fingerprint density at radius 3 is 2.81 bits per heavy atom. The van der Waals surface area contributed by atoms with Crippen LogP contribution in [0.1, 0.15) is 24.3 Å². The van der Waals surface area contributed by atoms with Crippen molar-refractivity contribution in [1.29, 1.82) is 0 Å². The van der Waals surface area contributed by atoms with E-state index >= 15 is 0 Å². The smallest absolute Gasteiger partial charge is 0.352 e. The van der Waals surface area contributed by atoms with Gasteiger partial charge in [-0.05, 0) is 13.0 Å².